The van der Waals surface area contributed by atoms with E-state index in [1.165, 1.54) is 17.7 Å². The van der Waals surface area contributed by atoms with Gasteiger partial charge >= 0.3 is 5.97 Å². The minimum Gasteiger partial charge on any atom is -0.490 e. The van der Waals surface area contributed by atoms with Crippen molar-refractivity contribution in [3.8, 4) is 11.5 Å². The lowest BCUT2D eigenvalue weighted by Gasteiger charge is -2.14. The van der Waals surface area contributed by atoms with Crippen LogP contribution in [0.3, 0.4) is 0 Å². The van der Waals surface area contributed by atoms with Crippen LogP contribution in [0.2, 0.25) is 5.02 Å². The average Bonchev–Trinajstić information content (AvgIpc) is 2.72. The molecule has 0 saturated carbocycles. The lowest BCUT2D eigenvalue weighted by Crippen LogP contribution is -2.21. The number of halogens is 1. The zero-order valence-corrected chi connectivity index (χ0v) is 17.7. The van der Waals surface area contributed by atoms with E-state index in [2.05, 4.69) is 12.2 Å². The Bertz CT molecular complexity index is 836. The fraction of sp³-hybridized carbons (Fsp3) is 0.364. The number of amides is 1. The summed E-state index contributed by atoms with van der Waals surface area (Å²) in [5, 5.41) is 2.94. The second kappa shape index (κ2) is 11.3. The van der Waals surface area contributed by atoms with Crippen molar-refractivity contribution in [3.63, 3.8) is 0 Å². The monoisotopic (exact) mass is 419 g/mol. The first-order chi connectivity index (χ1) is 14.0. The summed E-state index contributed by atoms with van der Waals surface area (Å²) in [6.45, 7) is 6.30. The molecule has 0 aliphatic rings. The van der Waals surface area contributed by atoms with Gasteiger partial charge in [0.1, 0.15) is 0 Å². The number of ether oxygens (including phenoxy) is 3. The van der Waals surface area contributed by atoms with Crippen LogP contribution in [0.4, 0.5) is 5.69 Å². The number of esters is 1. The third-order valence-electron chi connectivity index (χ3n) is 3.98. The molecule has 0 aliphatic carbocycles. The van der Waals surface area contributed by atoms with E-state index in [4.69, 9.17) is 25.8 Å². The summed E-state index contributed by atoms with van der Waals surface area (Å²) < 4.78 is 16.3. The van der Waals surface area contributed by atoms with Gasteiger partial charge in [0.25, 0.3) is 5.91 Å². The molecule has 0 aliphatic heterocycles. The van der Waals surface area contributed by atoms with Crippen LogP contribution < -0.4 is 14.8 Å². The van der Waals surface area contributed by atoms with Crippen LogP contribution in [0.1, 0.15) is 43.1 Å². The topological polar surface area (TPSA) is 73.9 Å². The number of aryl methyl sites for hydroxylation is 1. The highest BCUT2D eigenvalue weighted by Gasteiger charge is 2.18. The minimum absolute atomic E-state index is 0.183. The molecule has 1 N–H and O–H groups in total. The summed E-state index contributed by atoms with van der Waals surface area (Å²) in [6, 6.07) is 10.4. The number of carbonyl (C=O) groups is 2. The predicted molar refractivity (Wildman–Crippen MR) is 113 cm³/mol. The van der Waals surface area contributed by atoms with Gasteiger partial charge in [0.2, 0.25) is 0 Å². The van der Waals surface area contributed by atoms with E-state index in [0.29, 0.717) is 30.4 Å². The van der Waals surface area contributed by atoms with Crippen molar-refractivity contribution in [2.75, 3.05) is 25.1 Å². The highest BCUT2D eigenvalue weighted by atomic mass is 35.5. The number of benzene rings is 2. The summed E-state index contributed by atoms with van der Waals surface area (Å²) in [5.41, 5.74) is 1.99. The van der Waals surface area contributed by atoms with E-state index >= 15 is 0 Å². The molecular weight excluding hydrogens is 394 g/mol. The first kappa shape index (κ1) is 22.6. The second-order valence-corrected chi connectivity index (χ2v) is 6.65. The molecule has 0 radical (unpaired) electrons. The largest absolute Gasteiger partial charge is 0.490 e. The standard InChI is InChI=1S/C22H26ClNO5/c1-4-11-28-21-18(23)12-16(13-19(21)27-6-3)22(26)29-14-20(25)24-17-9-7-15(5-2)8-10-17/h7-10,12-13H,4-6,11,14H2,1-3H3,(H,24,25). The van der Waals surface area contributed by atoms with Gasteiger partial charge in [-0.15, -0.1) is 0 Å². The van der Waals surface area contributed by atoms with Gasteiger partial charge in [-0.1, -0.05) is 37.6 Å². The predicted octanol–water partition coefficient (Wildman–Crippen LogP) is 4.89. The van der Waals surface area contributed by atoms with E-state index < -0.39 is 18.5 Å². The Hall–Kier alpha value is -2.73. The van der Waals surface area contributed by atoms with E-state index in [1.54, 1.807) is 0 Å². The Balaban J connectivity index is 2.00. The van der Waals surface area contributed by atoms with E-state index in [1.807, 2.05) is 38.1 Å². The molecule has 0 fully saturated rings. The maximum absolute atomic E-state index is 12.4. The SMILES string of the molecule is CCCOc1c(Cl)cc(C(=O)OCC(=O)Nc2ccc(CC)cc2)cc1OCC. The van der Waals surface area contributed by atoms with Crippen molar-refractivity contribution in [2.24, 2.45) is 0 Å². The lowest BCUT2D eigenvalue weighted by molar-refractivity contribution is -0.119. The van der Waals surface area contributed by atoms with Crippen LogP contribution in [-0.4, -0.2) is 31.7 Å². The quantitative estimate of drug-likeness (QED) is 0.555. The van der Waals surface area contributed by atoms with Crippen molar-refractivity contribution >= 4 is 29.2 Å². The molecule has 0 atom stereocenters. The number of hydrogen-bond acceptors (Lipinski definition) is 5. The highest BCUT2D eigenvalue weighted by Crippen LogP contribution is 2.37. The summed E-state index contributed by atoms with van der Waals surface area (Å²) in [4.78, 5) is 24.4. The third kappa shape index (κ3) is 6.68. The smallest absolute Gasteiger partial charge is 0.338 e. The zero-order chi connectivity index (χ0) is 21.2. The van der Waals surface area contributed by atoms with Crippen LogP contribution in [0.15, 0.2) is 36.4 Å². The molecule has 7 heteroatoms. The molecule has 2 aromatic rings. The summed E-state index contributed by atoms with van der Waals surface area (Å²) in [7, 11) is 0. The van der Waals surface area contributed by atoms with E-state index in [9.17, 15) is 9.59 Å². The van der Waals surface area contributed by atoms with E-state index in [-0.39, 0.29) is 10.6 Å². The fourth-order valence-corrected chi connectivity index (χ4v) is 2.79. The van der Waals surface area contributed by atoms with Crippen LogP contribution in [-0.2, 0) is 16.0 Å². The number of nitrogens with one attached hydrogen (secondary N) is 1. The highest BCUT2D eigenvalue weighted by molar-refractivity contribution is 6.32. The van der Waals surface area contributed by atoms with Crippen molar-refractivity contribution in [3.05, 3.63) is 52.5 Å². The summed E-state index contributed by atoms with van der Waals surface area (Å²) in [6.07, 6.45) is 1.72. The number of carbonyl (C=O) groups excluding carboxylic acids is 2. The van der Waals surface area contributed by atoms with Crippen molar-refractivity contribution < 1.29 is 23.8 Å². The number of rotatable bonds is 10. The van der Waals surface area contributed by atoms with Gasteiger partial charge < -0.3 is 19.5 Å². The first-order valence-corrected chi connectivity index (χ1v) is 10.0. The average molecular weight is 420 g/mol. The summed E-state index contributed by atoms with van der Waals surface area (Å²) in [5.74, 6) is -0.353. The Morgan fingerprint density at radius 2 is 1.76 bits per heavy atom. The molecule has 156 valence electrons. The zero-order valence-electron chi connectivity index (χ0n) is 16.9. The molecule has 1 amide bonds. The van der Waals surface area contributed by atoms with Gasteiger partial charge in [-0.25, -0.2) is 4.79 Å². The maximum atomic E-state index is 12.4. The molecule has 2 rings (SSSR count). The fourth-order valence-electron chi connectivity index (χ4n) is 2.53. The molecule has 0 heterocycles. The van der Waals surface area contributed by atoms with Gasteiger partial charge in [-0.2, -0.15) is 0 Å². The molecule has 0 bridgehead atoms. The molecule has 0 saturated heterocycles. The van der Waals surface area contributed by atoms with Gasteiger partial charge in [0.05, 0.1) is 23.8 Å². The Morgan fingerprint density at radius 3 is 2.38 bits per heavy atom. The van der Waals surface area contributed by atoms with Crippen LogP contribution in [0, 0.1) is 0 Å². The molecular formula is C22H26ClNO5. The Morgan fingerprint density at radius 1 is 1.03 bits per heavy atom. The molecule has 2 aromatic carbocycles. The molecule has 0 unspecified atom stereocenters. The lowest BCUT2D eigenvalue weighted by atomic mass is 10.1. The van der Waals surface area contributed by atoms with Gasteiger partial charge in [-0.05, 0) is 49.6 Å². The molecule has 0 spiro atoms. The molecule has 6 nitrogen and oxygen atoms in total. The Labute approximate surface area is 176 Å². The minimum atomic E-state index is -0.675. The van der Waals surface area contributed by atoms with E-state index in [0.717, 1.165) is 12.8 Å². The van der Waals surface area contributed by atoms with Gasteiger partial charge in [0.15, 0.2) is 18.1 Å². The van der Waals surface area contributed by atoms with Crippen LogP contribution in [0.5, 0.6) is 11.5 Å². The second-order valence-electron chi connectivity index (χ2n) is 6.24. The van der Waals surface area contributed by atoms with Crippen LogP contribution >= 0.6 is 11.6 Å². The number of hydrogen-bond donors (Lipinski definition) is 1. The normalized spacial score (nSPS) is 10.3. The van der Waals surface area contributed by atoms with Gasteiger partial charge in [0, 0.05) is 5.69 Å². The third-order valence-corrected chi connectivity index (χ3v) is 4.26. The Kier molecular flexibility index (Phi) is 8.80. The maximum Gasteiger partial charge on any atom is 0.338 e. The summed E-state index contributed by atoms with van der Waals surface area (Å²) >= 11 is 6.25. The van der Waals surface area contributed by atoms with Crippen molar-refractivity contribution in [1.82, 2.24) is 0 Å². The number of anilines is 1. The molecule has 0 aromatic heterocycles. The van der Waals surface area contributed by atoms with Crippen molar-refractivity contribution in [2.45, 2.75) is 33.6 Å². The first-order valence-electron chi connectivity index (χ1n) is 9.63. The van der Waals surface area contributed by atoms with Crippen molar-refractivity contribution in [1.29, 1.82) is 0 Å². The van der Waals surface area contributed by atoms with Gasteiger partial charge in [-0.3, -0.25) is 4.79 Å². The van der Waals surface area contributed by atoms with Crippen LogP contribution in [0.25, 0.3) is 0 Å². The molecule has 29 heavy (non-hydrogen) atoms.